The molecule has 0 aliphatic heterocycles. The van der Waals surface area contributed by atoms with Gasteiger partial charge in [0.15, 0.2) is 16.6 Å². The van der Waals surface area contributed by atoms with Gasteiger partial charge in [-0.1, -0.05) is 25.4 Å². The maximum atomic E-state index is 6.04. The topological polar surface area (TPSA) is 43.1 Å². The van der Waals surface area contributed by atoms with Crippen LogP contribution in [0.15, 0.2) is 0 Å². The number of aromatic nitrogens is 4. The fourth-order valence-corrected chi connectivity index (χ4v) is 1.69. The zero-order valence-electron chi connectivity index (χ0n) is 9.24. The standard InChI is InChI=1S/C10H13ClN4/c1-5(2)9-12-13-10-7(4)6(3)8(11)14-15(9)10/h5H,1-4H3. The molecule has 2 heterocycles. The summed E-state index contributed by atoms with van der Waals surface area (Å²) in [5, 5.41) is 13.1. The van der Waals surface area contributed by atoms with Crippen LogP contribution in [0, 0.1) is 13.8 Å². The van der Waals surface area contributed by atoms with E-state index in [1.807, 2.05) is 13.8 Å². The van der Waals surface area contributed by atoms with Crippen molar-refractivity contribution >= 4 is 17.2 Å². The zero-order chi connectivity index (χ0) is 11.2. The van der Waals surface area contributed by atoms with Crippen LogP contribution < -0.4 is 0 Å². The molecule has 0 N–H and O–H groups in total. The molecule has 0 unspecified atom stereocenters. The number of halogens is 1. The summed E-state index contributed by atoms with van der Waals surface area (Å²) in [4.78, 5) is 0. The summed E-state index contributed by atoms with van der Waals surface area (Å²) in [5.41, 5.74) is 2.79. The van der Waals surface area contributed by atoms with Crippen LogP contribution >= 0.6 is 11.6 Å². The molecular weight excluding hydrogens is 212 g/mol. The summed E-state index contributed by atoms with van der Waals surface area (Å²) in [7, 11) is 0. The second-order valence-electron chi connectivity index (χ2n) is 3.99. The summed E-state index contributed by atoms with van der Waals surface area (Å²) in [6.45, 7) is 8.04. The first-order valence-electron chi connectivity index (χ1n) is 4.90. The monoisotopic (exact) mass is 224 g/mol. The number of hydrogen-bond donors (Lipinski definition) is 0. The van der Waals surface area contributed by atoms with Gasteiger partial charge in [-0.3, -0.25) is 0 Å². The van der Waals surface area contributed by atoms with E-state index in [2.05, 4.69) is 29.1 Å². The molecule has 0 aliphatic carbocycles. The quantitative estimate of drug-likeness (QED) is 0.748. The molecule has 0 bridgehead atoms. The fraction of sp³-hybridized carbons (Fsp3) is 0.500. The Kier molecular flexibility index (Phi) is 2.38. The first-order valence-corrected chi connectivity index (χ1v) is 5.28. The fourth-order valence-electron chi connectivity index (χ4n) is 1.47. The highest BCUT2D eigenvalue weighted by atomic mass is 35.5. The van der Waals surface area contributed by atoms with Gasteiger partial charge in [0.1, 0.15) is 0 Å². The Morgan fingerprint density at radius 2 is 1.80 bits per heavy atom. The summed E-state index contributed by atoms with van der Waals surface area (Å²) in [6.07, 6.45) is 0. The highest BCUT2D eigenvalue weighted by Crippen LogP contribution is 2.21. The number of rotatable bonds is 1. The van der Waals surface area contributed by atoms with Crippen molar-refractivity contribution in [3.8, 4) is 0 Å². The molecule has 80 valence electrons. The van der Waals surface area contributed by atoms with Crippen molar-refractivity contribution in [2.24, 2.45) is 0 Å². The zero-order valence-corrected chi connectivity index (χ0v) is 10.0. The molecule has 2 rings (SSSR count). The Balaban J connectivity index is 2.83. The molecule has 0 saturated carbocycles. The highest BCUT2D eigenvalue weighted by Gasteiger charge is 2.15. The molecule has 0 aliphatic rings. The van der Waals surface area contributed by atoms with Crippen LogP contribution in [-0.2, 0) is 0 Å². The molecule has 2 aromatic rings. The van der Waals surface area contributed by atoms with Gasteiger partial charge < -0.3 is 0 Å². The number of fused-ring (bicyclic) bond motifs is 1. The van der Waals surface area contributed by atoms with Crippen LogP contribution in [0.3, 0.4) is 0 Å². The molecule has 0 atom stereocenters. The van der Waals surface area contributed by atoms with Crippen molar-refractivity contribution < 1.29 is 0 Å². The normalized spacial score (nSPS) is 11.6. The van der Waals surface area contributed by atoms with E-state index in [0.29, 0.717) is 5.15 Å². The Bertz CT molecular complexity index is 516. The Morgan fingerprint density at radius 3 is 2.40 bits per heavy atom. The van der Waals surface area contributed by atoms with Gasteiger partial charge in [0.25, 0.3) is 0 Å². The molecule has 0 radical (unpaired) electrons. The van der Waals surface area contributed by atoms with Gasteiger partial charge in [0.2, 0.25) is 0 Å². The smallest absolute Gasteiger partial charge is 0.181 e. The van der Waals surface area contributed by atoms with Crippen LogP contribution in [0.1, 0.15) is 36.7 Å². The molecule has 0 amide bonds. The molecule has 0 aromatic carbocycles. The largest absolute Gasteiger partial charge is 0.195 e. The third-order valence-electron chi connectivity index (χ3n) is 2.58. The van der Waals surface area contributed by atoms with Crippen LogP contribution in [0.4, 0.5) is 0 Å². The van der Waals surface area contributed by atoms with Gasteiger partial charge in [0, 0.05) is 11.5 Å². The average Bonchev–Trinajstić information content (AvgIpc) is 2.58. The van der Waals surface area contributed by atoms with Crippen molar-refractivity contribution in [1.82, 2.24) is 19.8 Å². The molecule has 0 fully saturated rings. The lowest BCUT2D eigenvalue weighted by Crippen LogP contribution is -2.03. The van der Waals surface area contributed by atoms with E-state index in [1.54, 1.807) is 4.52 Å². The lowest BCUT2D eigenvalue weighted by molar-refractivity contribution is 0.719. The maximum absolute atomic E-state index is 6.04. The Labute approximate surface area is 93.3 Å². The van der Waals surface area contributed by atoms with Crippen molar-refractivity contribution in [1.29, 1.82) is 0 Å². The Hall–Kier alpha value is -1.16. The number of hydrogen-bond acceptors (Lipinski definition) is 3. The minimum Gasteiger partial charge on any atom is -0.195 e. The molecular formula is C10H13ClN4. The predicted octanol–water partition coefficient (Wildman–Crippen LogP) is 2.52. The minimum atomic E-state index is 0.283. The van der Waals surface area contributed by atoms with Gasteiger partial charge in [-0.25, -0.2) is 0 Å². The van der Waals surface area contributed by atoms with Crippen LogP contribution in [-0.4, -0.2) is 19.8 Å². The SMILES string of the molecule is Cc1c(Cl)nn2c(C(C)C)nnc2c1C. The first-order chi connectivity index (χ1) is 7.02. The lowest BCUT2D eigenvalue weighted by Gasteiger charge is -2.06. The van der Waals surface area contributed by atoms with Gasteiger partial charge in [0.05, 0.1) is 0 Å². The van der Waals surface area contributed by atoms with E-state index in [-0.39, 0.29) is 5.92 Å². The summed E-state index contributed by atoms with van der Waals surface area (Å²) in [5.74, 6) is 1.13. The highest BCUT2D eigenvalue weighted by molar-refractivity contribution is 6.30. The van der Waals surface area contributed by atoms with Crippen LogP contribution in [0.25, 0.3) is 5.65 Å². The average molecular weight is 225 g/mol. The van der Waals surface area contributed by atoms with Gasteiger partial charge in [-0.2, -0.15) is 9.61 Å². The van der Waals surface area contributed by atoms with E-state index < -0.39 is 0 Å². The summed E-state index contributed by atoms with van der Waals surface area (Å²) in [6, 6.07) is 0. The molecule has 4 nitrogen and oxygen atoms in total. The van der Waals surface area contributed by atoms with E-state index >= 15 is 0 Å². The summed E-state index contributed by atoms with van der Waals surface area (Å²) < 4.78 is 1.73. The van der Waals surface area contributed by atoms with Crippen molar-refractivity contribution in [3.05, 3.63) is 22.1 Å². The third kappa shape index (κ3) is 1.49. The molecule has 15 heavy (non-hydrogen) atoms. The third-order valence-corrected chi connectivity index (χ3v) is 2.94. The van der Waals surface area contributed by atoms with Crippen molar-refractivity contribution in [2.45, 2.75) is 33.6 Å². The second kappa shape index (κ2) is 3.45. The summed E-state index contributed by atoms with van der Waals surface area (Å²) >= 11 is 6.04. The lowest BCUT2D eigenvalue weighted by atomic mass is 10.2. The molecule has 0 saturated heterocycles. The van der Waals surface area contributed by atoms with E-state index in [9.17, 15) is 0 Å². The van der Waals surface area contributed by atoms with E-state index in [4.69, 9.17) is 11.6 Å². The second-order valence-corrected chi connectivity index (χ2v) is 4.35. The molecule has 0 spiro atoms. The first kappa shape index (κ1) is 10.4. The van der Waals surface area contributed by atoms with Crippen molar-refractivity contribution in [2.75, 3.05) is 0 Å². The maximum Gasteiger partial charge on any atom is 0.181 e. The Morgan fingerprint density at radius 1 is 1.13 bits per heavy atom. The van der Waals surface area contributed by atoms with Gasteiger partial charge >= 0.3 is 0 Å². The van der Waals surface area contributed by atoms with E-state index in [1.165, 1.54) is 0 Å². The molecule has 2 aromatic heterocycles. The minimum absolute atomic E-state index is 0.283. The van der Waals surface area contributed by atoms with Crippen molar-refractivity contribution in [3.63, 3.8) is 0 Å². The molecule has 5 heteroatoms. The van der Waals surface area contributed by atoms with Crippen LogP contribution in [0.2, 0.25) is 5.15 Å². The van der Waals surface area contributed by atoms with Gasteiger partial charge in [-0.15, -0.1) is 10.2 Å². The number of aryl methyl sites for hydroxylation is 1. The van der Waals surface area contributed by atoms with Gasteiger partial charge in [-0.05, 0) is 19.4 Å². The number of nitrogens with zero attached hydrogens (tertiary/aromatic N) is 4. The van der Waals surface area contributed by atoms with Crippen LogP contribution in [0.5, 0.6) is 0 Å². The predicted molar refractivity (Wildman–Crippen MR) is 59.4 cm³/mol. The van der Waals surface area contributed by atoms with E-state index in [0.717, 1.165) is 22.6 Å².